The molecule has 0 spiro atoms. The Kier molecular flexibility index (Phi) is 4.16. The Labute approximate surface area is 116 Å². The van der Waals surface area contributed by atoms with E-state index in [0.717, 1.165) is 32.2 Å². The first-order valence-corrected chi connectivity index (χ1v) is 7.51. The predicted molar refractivity (Wildman–Crippen MR) is 76.6 cm³/mol. The summed E-state index contributed by atoms with van der Waals surface area (Å²) in [5.41, 5.74) is 1.42. The van der Waals surface area contributed by atoms with E-state index in [0.29, 0.717) is 6.04 Å². The maximum absolute atomic E-state index is 5.80. The second kappa shape index (κ2) is 6.04. The van der Waals surface area contributed by atoms with Gasteiger partial charge in [0.1, 0.15) is 0 Å². The summed E-state index contributed by atoms with van der Waals surface area (Å²) in [4.78, 5) is 8.41. The lowest BCUT2D eigenvalue weighted by molar-refractivity contribution is -0.197. The van der Waals surface area contributed by atoms with Gasteiger partial charge in [0.25, 0.3) is 0 Å². The van der Waals surface area contributed by atoms with Crippen molar-refractivity contribution in [2.24, 2.45) is 5.92 Å². The van der Waals surface area contributed by atoms with Crippen LogP contribution in [-0.4, -0.2) is 42.2 Å². The van der Waals surface area contributed by atoms with E-state index >= 15 is 0 Å². The zero-order valence-electron chi connectivity index (χ0n) is 11.8. The molecule has 4 rings (SSSR count). The summed E-state index contributed by atoms with van der Waals surface area (Å²) in [6, 6.07) is 11.4. The molecule has 3 fully saturated rings. The van der Waals surface area contributed by atoms with Gasteiger partial charge in [0.15, 0.2) is 0 Å². The summed E-state index contributed by atoms with van der Waals surface area (Å²) in [6.45, 7) is 7.43. The first-order valence-electron chi connectivity index (χ1n) is 7.51. The van der Waals surface area contributed by atoms with Crippen LogP contribution < -0.4 is 0 Å². The number of hydrogen-bond acceptors (Lipinski definition) is 3. The van der Waals surface area contributed by atoms with Gasteiger partial charge in [-0.05, 0) is 31.2 Å². The summed E-state index contributed by atoms with van der Waals surface area (Å²) >= 11 is 0. The zero-order chi connectivity index (χ0) is 13.1. The van der Waals surface area contributed by atoms with Crippen LogP contribution in [0.1, 0.15) is 25.3 Å². The molecule has 19 heavy (non-hydrogen) atoms. The molecule has 3 saturated heterocycles. The molecule has 0 aliphatic carbocycles. The molecule has 3 aliphatic rings. The fraction of sp³-hybridized carbons (Fsp3) is 0.625. The van der Waals surface area contributed by atoms with Gasteiger partial charge < -0.3 is 0 Å². The molecule has 3 heterocycles. The highest BCUT2D eigenvalue weighted by Crippen LogP contribution is 2.28. The molecule has 1 aromatic rings. The van der Waals surface area contributed by atoms with E-state index < -0.39 is 0 Å². The molecule has 0 saturated carbocycles. The number of benzene rings is 1. The van der Waals surface area contributed by atoms with E-state index in [4.69, 9.17) is 4.84 Å². The molecule has 0 radical (unpaired) electrons. The van der Waals surface area contributed by atoms with Crippen LogP contribution in [0.2, 0.25) is 0 Å². The minimum atomic E-state index is 0.586. The quantitative estimate of drug-likeness (QED) is 0.827. The van der Waals surface area contributed by atoms with Gasteiger partial charge in [0.2, 0.25) is 0 Å². The lowest BCUT2D eigenvalue weighted by Crippen LogP contribution is -2.43. The van der Waals surface area contributed by atoms with Crippen molar-refractivity contribution in [1.29, 1.82) is 0 Å². The van der Waals surface area contributed by atoms with Crippen molar-refractivity contribution in [1.82, 2.24) is 9.96 Å². The maximum atomic E-state index is 5.80. The van der Waals surface area contributed by atoms with Crippen molar-refractivity contribution in [2.75, 3.05) is 26.2 Å². The van der Waals surface area contributed by atoms with Gasteiger partial charge in [0, 0.05) is 32.2 Å². The van der Waals surface area contributed by atoms with E-state index in [9.17, 15) is 0 Å². The first-order chi connectivity index (χ1) is 9.35. The molecule has 1 aromatic carbocycles. The number of piperidine rings is 1. The SMILES string of the molecule is CCON1CC2CCC1CN(Cc1ccccc1)C2. The third kappa shape index (κ3) is 3.16. The Balaban J connectivity index is 1.66. The highest BCUT2D eigenvalue weighted by Gasteiger charge is 2.35. The van der Waals surface area contributed by atoms with Gasteiger partial charge in [-0.15, -0.1) is 0 Å². The highest BCUT2D eigenvalue weighted by atomic mass is 16.7. The van der Waals surface area contributed by atoms with E-state index in [2.05, 4.69) is 47.2 Å². The molecule has 0 aromatic heterocycles. The van der Waals surface area contributed by atoms with Crippen LogP contribution in [0.5, 0.6) is 0 Å². The number of hydrogen-bond donors (Lipinski definition) is 0. The summed E-state index contributed by atoms with van der Waals surface area (Å²) in [6.07, 6.45) is 2.65. The Morgan fingerprint density at radius 3 is 2.74 bits per heavy atom. The summed E-state index contributed by atoms with van der Waals surface area (Å²) in [5, 5.41) is 2.25. The van der Waals surface area contributed by atoms with Crippen molar-refractivity contribution >= 4 is 0 Å². The molecule has 2 unspecified atom stereocenters. The predicted octanol–water partition coefficient (Wildman–Crippen LogP) is 2.53. The van der Waals surface area contributed by atoms with Crippen LogP contribution in [0.25, 0.3) is 0 Å². The van der Waals surface area contributed by atoms with Crippen molar-refractivity contribution in [2.45, 2.75) is 32.4 Å². The highest BCUT2D eigenvalue weighted by molar-refractivity contribution is 5.14. The van der Waals surface area contributed by atoms with Crippen molar-refractivity contribution in [3.8, 4) is 0 Å². The Morgan fingerprint density at radius 1 is 1.11 bits per heavy atom. The zero-order valence-corrected chi connectivity index (χ0v) is 11.8. The maximum Gasteiger partial charge on any atom is 0.0657 e. The first kappa shape index (κ1) is 13.1. The van der Waals surface area contributed by atoms with Gasteiger partial charge in [-0.3, -0.25) is 9.74 Å². The smallest absolute Gasteiger partial charge is 0.0657 e. The van der Waals surface area contributed by atoms with E-state index in [1.54, 1.807) is 0 Å². The monoisotopic (exact) mass is 260 g/mol. The van der Waals surface area contributed by atoms with Crippen LogP contribution in [-0.2, 0) is 11.4 Å². The minimum absolute atomic E-state index is 0.586. The topological polar surface area (TPSA) is 15.7 Å². The number of fused-ring (bicyclic) bond motifs is 4. The molecule has 2 atom stereocenters. The van der Waals surface area contributed by atoms with Gasteiger partial charge >= 0.3 is 0 Å². The second-order valence-corrected chi connectivity index (χ2v) is 5.79. The Hall–Kier alpha value is -0.900. The summed E-state index contributed by atoms with van der Waals surface area (Å²) in [5.74, 6) is 0.772. The van der Waals surface area contributed by atoms with Gasteiger partial charge in [-0.2, -0.15) is 5.06 Å². The molecule has 3 heteroatoms. The fourth-order valence-electron chi connectivity index (χ4n) is 3.43. The standard InChI is InChI=1S/C16H24N2O/c1-2-19-18-12-15-8-9-16(18)13-17(11-15)10-14-6-4-3-5-7-14/h3-7,15-16H,2,8-13H2,1H3. The lowest BCUT2D eigenvalue weighted by Gasteiger charge is -2.34. The Morgan fingerprint density at radius 2 is 1.95 bits per heavy atom. The largest absolute Gasteiger partial charge is 0.299 e. The van der Waals surface area contributed by atoms with Gasteiger partial charge in [-0.1, -0.05) is 30.3 Å². The molecule has 0 amide bonds. The third-order valence-electron chi connectivity index (χ3n) is 4.28. The van der Waals surface area contributed by atoms with Crippen molar-refractivity contribution in [3.63, 3.8) is 0 Å². The molecule has 2 bridgehead atoms. The summed E-state index contributed by atoms with van der Waals surface area (Å²) < 4.78 is 0. The van der Waals surface area contributed by atoms with Crippen LogP contribution in [0.4, 0.5) is 0 Å². The van der Waals surface area contributed by atoms with Crippen LogP contribution in [0.15, 0.2) is 30.3 Å². The number of nitrogens with zero attached hydrogens (tertiary/aromatic N) is 2. The number of rotatable bonds is 4. The minimum Gasteiger partial charge on any atom is -0.299 e. The Bertz CT molecular complexity index is 395. The van der Waals surface area contributed by atoms with Crippen LogP contribution in [0.3, 0.4) is 0 Å². The molecular weight excluding hydrogens is 236 g/mol. The van der Waals surface area contributed by atoms with Crippen molar-refractivity contribution in [3.05, 3.63) is 35.9 Å². The van der Waals surface area contributed by atoms with Crippen LogP contribution >= 0.6 is 0 Å². The van der Waals surface area contributed by atoms with Crippen LogP contribution in [0, 0.1) is 5.92 Å². The van der Waals surface area contributed by atoms with E-state index in [1.165, 1.54) is 24.9 Å². The number of hydroxylamine groups is 2. The van der Waals surface area contributed by atoms with E-state index in [-0.39, 0.29) is 0 Å². The molecular formula is C16H24N2O. The van der Waals surface area contributed by atoms with Gasteiger partial charge in [0.05, 0.1) is 6.61 Å². The molecule has 3 aliphatic heterocycles. The van der Waals surface area contributed by atoms with E-state index in [1.807, 2.05) is 0 Å². The average Bonchev–Trinajstić information content (AvgIpc) is 2.71. The second-order valence-electron chi connectivity index (χ2n) is 5.79. The summed E-state index contributed by atoms with van der Waals surface area (Å²) in [7, 11) is 0. The third-order valence-corrected chi connectivity index (χ3v) is 4.28. The lowest BCUT2D eigenvalue weighted by atomic mass is 9.97. The fourth-order valence-corrected chi connectivity index (χ4v) is 3.43. The molecule has 0 N–H and O–H groups in total. The normalized spacial score (nSPS) is 28.5. The van der Waals surface area contributed by atoms with Gasteiger partial charge in [-0.25, -0.2) is 0 Å². The average molecular weight is 260 g/mol. The molecule has 3 nitrogen and oxygen atoms in total. The van der Waals surface area contributed by atoms with Crippen molar-refractivity contribution < 1.29 is 4.84 Å². The molecule has 104 valence electrons.